The molecule has 0 radical (unpaired) electrons. The lowest BCUT2D eigenvalue weighted by Gasteiger charge is -2.32. The zero-order valence-corrected chi connectivity index (χ0v) is 19.4. The molecule has 0 bridgehead atoms. The molecule has 1 fully saturated rings. The van der Waals surface area contributed by atoms with E-state index in [1.165, 1.54) is 44.3 Å². The van der Waals surface area contributed by atoms with Crippen LogP contribution in [0.1, 0.15) is 23.6 Å². The minimum absolute atomic E-state index is 0.938. The van der Waals surface area contributed by atoms with E-state index in [-0.39, 0.29) is 0 Å². The van der Waals surface area contributed by atoms with E-state index >= 15 is 0 Å². The molecule has 33 heavy (non-hydrogen) atoms. The molecule has 1 N–H and O–H groups in total. The van der Waals surface area contributed by atoms with E-state index in [0.29, 0.717) is 0 Å². The van der Waals surface area contributed by atoms with Crippen LogP contribution < -0.4 is 0 Å². The SMILES string of the molecule is CC1=CCc2ccc(-c3c[nH]c4ncc(-c5ccc(CN6CCN(C)CC6)cc5)cc34)cc21. The Balaban J connectivity index is 1.28. The molecule has 0 amide bonds. The highest BCUT2D eigenvalue weighted by molar-refractivity contribution is 5.96. The van der Waals surface area contributed by atoms with Crippen LogP contribution in [0.3, 0.4) is 0 Å². The van der Waals surface area contributed by atoms with Crippen molar-refractivity contribution in [1.82, 2.24) is 19.8 Å². The van der Waals surface area contributed by atoms with Gasteiger partial charge < -0.3 is 9.88 Å². The summed E-state index contributed by atoms with van der Waals surface area (Å²) in [7, 11) is 2.20. The van der Waals surface area contributed by atoms with Crippen molar-refractivity contribution in [1.29, 1.82) is 0 Å². The van der Waals surface area contributed by atoms with Crippen molar-refractivity contribution in [3.63, 3.8) is 0 Å². The second-order valence-corrected chi connectivity index (χ2v) is 9.56. The molecule has 4 nitrogen and oxygen atoms in total. The number of benzene rings is 2. The molecule has 1 aliphatic carbocycles. The lowest BCUT2D eigenvalue weighted by molar-refractivity contribution is 0.148. The molecule has 2 aromatic carbocycles. The number of aromatic nitrogens is 2. The van der Waals surface area contributed by atoms with Gasteiger partial charge in [-0.1, -0.05) is 42.5 Å². The summed E-state index contributed by atoms with van der Waals surface area (Å²) in [5, 5.41) is 1.17. The van der Waals surface area contributed by atoms with Gasteiger partial charge in [0.1, 0.15) is 5.65 Å². The molecule has 0 spiro atoms. The summed E-state index contributed by atoms with van der Waals surface area (Å²) in [6.45, 7) is 7.84. The first kappa shape index (κ1) is 20.4. The number of fused-ring (bicyclic) bond motifs is 2. The molecule has 0 atom stereocenters. The fourth-order valence-corrected chi connectivity index (χ4v) is 5.13. The first-order chi connectivity index (χ1) is 16.1. The normalized spacial score (nSPS) is 16.8. The maximum atomic E-state index is 4.73. The van der Waals surface area contributed by atoms with E-state index in [9.17, 15) is 0 Å². The third-order valence-corrected chi connectivity index (χ3v) is 7.29. The number of hydrogen-bond donors (Lipinski definition) is 1. The van der Waals surface area contributed by atoms with Gasteiger partial charge in [-0.15, -0.1) is 0 Å². The van der Waals surface area contributed by atoms with E-state index < -0.39 is 0 Å². The smallest absolute Gasteiger partial charge is 0.137 e. The van der Waals surface area contributed by atoms with Crippen LogP contribution in [-0.2, 0) is 13.0 Å². The number of nitrogens with zero attached hydrogens (tertiary/aromatic N) is 3. The van der Waals surface area contributed by atoms with E-state index in [1.54, 1.807) is 0 Å². The van der Waals surface area contributed by atoms with Crippen molar-refractivity contribution in [3.05, 3.63) is 83.7 Å². The Hall–Kier alpha value is -3.21. The Bertz CT molecular complexity index is 1340. The number of rotatable bonds is 4. The third-order valence-electron chi connectivity index (χ3n) is 7.29. The Labute approximate surface area is 195 Å². The maximum absolute atomic E-state index is 4.73. The number of pyridine rings is 1. The average Bonchev–Trinajstić information content (AvgIpc) is 3.44. The average molecular weight is 435 g/mol. The predicted octanol–water partition coefficient (Wildman–Crippen LogP) is 5.60. The fourth-order valence-electron chi connectivity index (χ4n) is 5.13. The van der Waals surface area contributed by atoms with E-state index in [4.69, 9.17) is 4.98 Å². The molecular formula is C29H30N4. The summed E-state index contributed by atoms with van der Waals surface area (Å²) in [6, 6.07) is 18.1. The van der Waals surface area contributed by atoms with Crippen LogP contribution in [0, 0.1) is 0 Å². The molecule has 4 aromatic rings. The Kier molecular flexibility index (Phi) is 5.12. The number of aromatic amines is 1. The second-order valence-electron chi connectivity index (χ2n) is 9.56. The van der Waals surface area contributed by atoms with Crippen molar-refractivity contribution in [2.45, 2.75) is 19.9 Å². The van der Waals surface area contributed by atoms with E-state index in [2.05, 4.69) is 89.6 Å². The van der Waals surface area contributed by atoms with Crippen LogP contribution in [-0.4, -0.2) is 53.0 Å². The van der Waals surface area contributed by atoms with Gasteiger partial charge in [-0.05, 0) is 65.9 Å². The van der Waals surface area contributed by atoms with Crippen LogP contribution in [0.5, 0.6) is 0 Å². The quantitative estimate of drug-likeness (QED) is 0.454. The topological polar surface area (TPSA) is 35.2 Å². The van der Waals surface area contributed by atoms with E-state index in [1.807, 2.05) is 6.20 Å². The van der Waals surface area contributed by atoms with Crippen LogP contribution in [0.25, 0.3) is 38.9 Å². The van der Waals surface area contributed by atoms with Gasteiger partial charge in [-0.25, -0.2) is 4.98 Å². The predicted molar refractivity (Wildman–Crippen MR) is 137 cm³/mol. The minimum Gasteiger partial charge on any atom is -0.346 e. The molecule has 2 aliphatic rings. The number of H-pyrrole nitrogens is 1. The number of allylic oxidation sites excluding steroid dienone is 2. The maximum Gasteiger partial charge on any atom is 0.137 e. The molecule has 6 rings (SSSR count). The molecule has 4 heteroatoms. The fraction of sp³-hybridized carbons (Fsp3) is 0.276. The summed E-state index contributed by atoms with van der Waals surface area (Å²) in [6.07, 6.45) is 7.44. The molecule has 2 aromatic heterocycles. The zero-order chi connectivity index (χ0) is 22.4. The van der Waals surface area contributed by atoms with Gasteiger partial charge in [0.2, 0.25) is 0 Å². The number of likely N-dealkylation sites (N-methyl/N-ethyl adjacent to an activating group) is 1. The highest BCUT2D eigenvalue weighted by atomic mass is 15.2. The second kappa shape index (κ2) is 8.29. The van der Waals surface area contributed by atoms with Gasteiger partial charge in [0.15, 0.2) is 0 Å². The Morgan fingerprint density at radius 3 is 2.48 bits per heavy atom. The monoisotopic (exact) mass is 434 g/mol. The summed E-state index contributed by atoms with van der Waals surface area (Å²) in [4.78, 5) is 13.0. The van der Waals surface area contributed by atoms with Crippen LogP contribution in [0.15, 0.2) is 67.0 Å². The summed E-state index contributed by atoms with van der Waals surface area (Å²) < 4.78 is 0. The first-order valence-electron chi connectivity index (χ1n) is 11.9. The Morgan fingerprint density at radius 2 is 1.67 bits per heavy atom. The highest BCUT2D eigenvalue weighted by Crippen LogP contribution is 2.35. The number of hydrogen-bond acceptors (Lipinski definition) is 3. The molecule has 1 saturated heterocycles. The molecule has 0 unspecified atom stereocenters. The van der Waals surface area contributed by atoms with Gasteiger partial charge in [-0.2, -0.15) is 0 Å². The first-order valence-corrected chi connectivity index (χ1v) is 11.9. The van der Waals surface area contributed by atoms with Crippen LogP contribution in [0.4, 0.5) is 0 Å². The third kappa shape index (κ3) is 3.90. The Morgan fingerprint density at radius 1 is 0.879 bits per heavy atom. The van der Waals surface area contributed by atoms with Crippen molar-refractivity contribution in [3.8, 4) is 22.3 Å². The minimum atomic E-state index is 0.938. The van der Waals surface area contributed by atoms with Crippen molar-refractivity contribution in [2.24, 2.45) is 0 Å². The summed E-state index contributed by atoms with van der Waals surface area (Å²) in [5.41, 5.74) is 11.3. The molecular weight excluding hydrogens is 404 g/mol. The summed E-state index contributed by atoms with van der Waals surface area (Å²) >= 11 is 0. The van der Waals surface area contributed by atoms with Gasteiger partial charge in [0.25, 0.3) is 0 Å². The highest BCUT2D eigenvalue weighted by Gasteiger charge is 2.16. The molecule has 166 valence electrons. The van der Waals surface area contributed by atoms with Crippen molar-refractivity contribution >= 4 is 16.6 Å². The van der Waals surface area contributed by atoms with E-state index in [0.717, 1.165) is 50.4 Å². The molecule has 1 aliphatic heterocycles. The molecule has 0 saturated carbocycles. The van der Waals surface area contributed by atoms with Crippen LogP contribution >= 0.6 is 0 Å². The van der Waals surface area contributed by atoms with Gasteiger partial charge in [0, 0.05) is 61.6 Å². The lowest BCUT2D eigenvalue weighted by Crippen LogP contribution is -2.43. The van der Waals surface area contributed by atoms with Gasteiger partial charge >= 0.3 is 0 Å². The zero-order valence-electron chi connectivity index (χ0n) is 19.4. The molecule has 3 heterocycles. The number of nitrogens with one attached hydrogen (secondary N) is 1. The summed E-state index contributed by atoms with van der Waals surface area (Å²) in [5.74, 6) is 0. The number of piperazine rings is 1. The largest absolute Gasteiger partial charge is 0.346 e. The lowest BCUT2D eigenvalue weighted by atomic mass is 9.97. The van der Waals surface area contributed by atoms with Crippen LogP contribution in [0.2, 0.25) is 0 Å². The standard InChI is InChI=1S/C29H30N4/c1-20-3-6-23-9-10-24(15-26(20)23)28-18-31-29-27(28)16-25(17-30-29)22-7-4-21(5-8-22)19-33-13-11-32(2)12-14-33/h3-5,7-10,15-18H,6,11-14,19H2,1-2H3,(H,30,31). The van der Waals surface area contributed by atoms with Crippen molar-refractivity contribution in [2.75, 3.05) is 33.2 Å². The van der Waals surface area contributed by atoms with Crippen molar-refractivity contribution < 1.29 is 0 Å². The van der Waals surface area contributed by atoms with Gasteiger partial charge in [-0.3, -0.25) is 4.90 Å². The van der Waals surface area contributed by atoms with Gasteiger partial charge in [0.05, 0.1) is 0 Å².